The molecule has 0 aliphatic carbocycles. The second-order valence-electron chi connectivity index (χ2n) is 10.6. The Morgan fingerprint density at radius 1 is 0.806 bits per heavy atom. The molecule has 0 aliphatic heterocycles. The lowest BCUT2D eigenvalue weighted by molar-refractivity contribution is -0.143. The standard InChI is InChI=1S/C27H38O4/c1-9-31-24(30)14-15-27(8,18-10-12-22(28)20(16-18)25(2,3)4)19-11-13-23(29)21(17-19)26(5,6)7/h10-13,16-17,28-29H,9,14-15H2,1-8H3. The second-order valence-corrected chi connectivity index (χ2v) is 10.6. The topological polar surface area (TPSA) is 66.8 Å². The van der Waals surface area contributed by atoms with Gasteiger partial charge in [-0.25, -0.2) is 0 Å². The van der Waals surface area contributed by atoms with Crippen molar-refractivity contribution in [3.63, 3.8) is 0 Å². The maximum atomic E-state index is 12.2. The van der Waals surface area contributed by atoms with Gasteiger partial charge in [0.2, 0.25) is 0 Å². The fourth-order valence-electron chi connectivity index (χ4n) is 4.00. The van der Waals surface area contributed by atoms with E-state index in [1.165, 1.54) is 0 Å². The highest BCUT2D eigenvalue weighted by Gasteiger charge is 2.33. The van der Waals surface area contributed by atoms with Crippen LogP contribution in [0, 0.1) is 0 Å². The maximum absolute atomic E-state index is 12.2. The second kappa shape index (κ2) is 8.94. The molecule has 0 saturated carbocycles. The van der Waals surface area contributed by atoms with Crippen LogP contribution in [0.15, 0.2) is 36.4 Å². The number of carbonyl (C=O) groups is 1. The summed E-state index contributed by atoms with van der Waals surface area (Å²) in [5.74, 6) is 0.313. The van der Waals surface area contributed by atoms with Gasteiger partial charge in [-0.2, -0.15) is 0 Å². The Morgan fingerprint density at radius 3 is 1.58 bits per heavy atom. The zero-order chi connectivity index (χ0) is 23.6. The van der Waals surface area contributed by atoms with Gasteiger partial charge in [-0.1, -0.05) is 72.7 Å². The zero-order valence-corrected chi connectivity index (χ0v) is 20.3. The number of phenolic OH excluding ortho intramolecular Hbond substituents is 2. The molecule has 2 rings (SSSR count). The van der Waals surface area contributed by atoms with Gasteiger partial charge >= 0.3 is 5.97 Å². The average molecular weight is 427 g/mol. The lowest BCUT2D eigenvalue weighted by Gasteiger charge is -2.34. The van der Waals surface area contributed by atoms with E-state index in [1.807, 2.05) is 31.2 Å². The average Bonchev–Trinajstić information content (AvgIpc) is 2.65. The van der Waals surface area contributed by atoms with E-state index in [9.17, 15) is 15.0 Å². The number of carbonyl (C=O) groups excluding carboxylic acids is 1. The summed E-state index contributed by atoms with van der Waals surface area (Å²) in [6, 6.07) is 11.4. The first kappa shape index (κ1) is 24.8. The van der Waals surface area contributed by atoms with E-state index in [0.29, 0.717) is 13.0 Å². The van der Waals surface area contributed by atoms with Gasteiger partial charge in [0.05, 0.1) is 6.61 Å². The first-order valence-electron chi connectivity index (χ1n) is 11.0. The normalized spacial score (nSPS) is 12.6. The Hall–Kier alpha value is -2.49. The molecule has 31 heavy (non-hydrogen) atoms. The molecule has 170 valence electrons. The summed E-state index contributed by atoms with van der Waals surface area (Å²) in [6.07, 6.45) is 0.830. The minimum Gasteiger partial charge on any atom is -0.508 e. The lowest BCUT2D eigenvalue weighted by Crippen LogP contribution is -2.27. The van der Waals surface area contributed by atoms with Crippen molar-refractivity contribution in [2.45, 2.75) is 84.5 Å². The van der Waals surface area contributed by atoms with Crippen LogP contribution >= 0.6 is 0 Å². The smallest absolute Gasteiger partial charge is 0.305 e. The van der Waals surface area contributed by atoms with Crippen LogP contribution in [0.2, 0.25) is 0 Å². The van der Waals surface area contributed by atoms with Crippen LogP contribution in [0.4, 0.5) is 0 Å². The van der Waals surface area contributed by atoms with E-state index in [4.69, 9.17) is 4.74 Å². The maximum Gasteiger partial charge on any atom is 0.305 e. The molecule has 0 saturated heterocycles. The largest absolute Gasteiger partial charge is 0.508 e. The number of aromatic hydroxyl groups is 2. The highest BCUT2D eigenvalue weighted by Crippen LogP contribution is 2.43. The van der Waals surface area contributed by atoms with Crippen LogP contribution in [0.25, 0.3) is 0 Å². The van der Waals surface area contributed by atoms with E-state index in [-0.39, 0.29) is 34.7 Å². The van der Waals surface area contributed by atoms with Crippen molar-refractivity contribution in [1.29, 1.82) is 0 Å². The summed E-state index contributed by atoms with van der Waals surface area (Å²) in [5.41, 5.74) is 2.80. The van der Waals surface area contributed by atoms with Crippen LogP contribution < -0.4 is 0 Å². The quantitative estimate of drug-likeness (QED) is 0.529. The fraction of sp³-hybridized carbons (Fsp3) is 0.519. The number of phenols is 2. The van der Waals surface area contributed by atoms with E-state index in [1.54, 1.807) is 12.1 Å². The SMILES string of the molecule is CCOC(=O)CCC(C)(c1ccc(O)c(C(C)(C)C)c1)c1ccc(O)c(C(C)(C)C)c1. The number of esters is 1. The molecule has 4 nitrogen and oxygen atoms in total. The van der Waals surface area contributed by atoms with Crippen LogP contribution in [0.3, 0.4) is 0 Å². The van der Waals surface area contributed by atoms with Gasteiger partial charge in [-0.05, 0) is 58.6 Å². The van der Waals surface area contributed by atoms with Gasteiger partial charge in [0.15, 0.2) is 0 Å². The molecule has 2 N–H and O–H groups in total. The zero-order valence-electron chi connectivity index (χ0n) is 20.3. The molecule has 0 spiro atoms. The van der Waals surface area contributed by atoms with Crippen LogP contribution in [-0.2, 0) is 25.8 Å². The monoisotopic (exact) mass is 426 g/mol. The minimum absolute atomic E-state index is 0.224. The Labute approximate surface area is 187 Å². The highest BCUT2D eigenvalue weighted by atomic mass is 16.5. The summed E-state index contributed by atoms with van der Waals surface area (Å²) < 4.78 is 5.18. The fourth-order valence-corrected chi connectivity index (χ4v) is 4.00. The number of hydrogen-bond acceptors (Lipinski definition) is 4. The van der Waals surface area contributed by atoms with E-state index in [0.717, 1.165) is 22.3 Å². The van der Waals surface area contributed by atoms with Crippen molar-refractivity contribution in [1.82, 2.24) is 0 Å². The molecule has 2 aromatic rings. The van der Waals surface area contributed by atoms with E-state index >= 15 is 0 Å². The third-order valence-corrected chi connectivity index (χ3v) is 6.02. The molecule has 0 radical (unpaired) electrons. The molecular weight excluding hydrogens is 388 g/mol. The lowest BCUT2D eigenvalue weighted by atomic mass is 9.70. The molecule has 0 aliphatic rings. The van der Waals surface area contributed by atoms with Crippen LogP contribution in [0.1, 0.15) is 90.5 Å². The Bertz CT molecular complexity index is 866. The first-order chi connectivity index (χ1) is 14.2. The number of rotatable bonds is 6. The summed E-state index contributed by atoms with van der Waals surface area (Å²) in [4.78, 5) is 12.2. The summed E-state index contributed by atoms with van der Waals surface area (Å²) in [5, 5.41) is 20.9. The van der Waals surface area contributed by atoms with Gasteiger partial charge in [0, 0.05) is 11.8 Å². The van der Waals surface area contributed by atoms with Crippen molar-refractivity contribution >= 4 is 5.97 Å². The summed E-state index contributed by atoms with van der Waals surface area (Å²) >= 11 is 0. The van der Waals surface area contributed by atoms with Gasteiger partial charge in [-0.3, -0.25) is 4.79 Å². The van der Waals surface area contributed by atoms with Crippen molar-refractivity contribution in [2.75, 3.05) is 6.61 Å². The minimum atomic E-state index is -0.506. The van der Waals surface area contributed by atoms with Crippen molar-refractivity contribution < 1.29 is 19.7 Å². The molecule has 0 heterocycles. The summed E-state index contributed by atoms with van der Waals surface area (Å²) in [6.45, 7) is 16.7. The van der Waals surface area contributed by atoms with Crippen molar-refractivity contribution in [3.05, 3.63) is 58.7 Å². The van der Waals surface area contributed by atoms with E-state index in [2.05, 4.69) is 48.5 Å². The Balaban J connectivity index is 2.67. The first-order valence-corrected chi connectivity index (χ1v) is 11.0. The summed E-state index contributed by atoms with van der Waals surface area (Å²) in [7, 11) is 0. The number of benzene rings is 2. The molecule has 0 fully saturated rings. The Morgan fingerprint density at radius 2 is 1.23 bits per heavy atom. The molecule has 0 aromatic heterocycles. The highest BCUT2D eigenvalue weighted by molar-refractivity contribution is 5.69. The van der Waals surface area contributed by atoms with E-state index < -0.39 is 5.41 Å². The molecule has 0 bridgehead atoms. The molecule has 0 unspecified atom stereocenters. The molecule has 2 aromatic carbocycles. The van der Waals surface area contributed by atoms with Crippen molar-refractivity contribution in [3.8, 4) is 11.5 Å². The van der Waals surface area contributed by atoms with Gasteiger partial charge < -0.3 is 14.9 Å². The van der Waals surface area contributed by atoms with Crippen molar-refractivity contribution in [2.24, 2.45) is 0 Å². The molecular formula is C27H38O4. The van der Waals surface area contributed by atoms with Gasteiger partial charge in [-0.15, -0.1) is 0 Å². The van der Waals surface area contributed by atoms with Crippen LogP contribution in [-0.4, -0.2) is 22.8 Å². The van der Waals surface area contributed by atoms with Gasteiger partial charge in [0.1, 0.15) is 11.5 Å². The predicted molar refractivity (Wildman–Crippen MR) is 126 cm³/mol. The molecule has 0 atom stereocenters. The number of hydrogen-bond donors (Lipinski definition) is 2. The number of ether oxygens (including phenoxy) is 1. The molecule has 4 heteroatoms. The molecule has 0 amide bonds. The third kappa shape index (κ3) is 5.61. The van der Waals surface area contributed by atoms with Crippen LogP contribution in [0.5, 0.6) is 11.5 Å². The Kier molecular flexibility index (Phi) is 7.14. The third-order valence-electron chi connectivity index (χ3n) is 6.02. The predicted octanol–water partition coefficient (Wildman–Crippen LogP) is 6.34. The van der Waals surface area contributed by atoms with Gasteiger partial charge in [0.25, 0.3) is 0 Å².